The lowest BCUT2D eigenvalue weighted by Crippen LogP contribution is -2.51. The molecule has 0 aliphatic carbocycles. The molecular weight excluding hydrogens is 458 g/mol. The number of thioether (sulfide) groups is 1. The van der Waals surface area contributed by atoms with Gasteiger partial charge in [-0.1, -0.05) is 29.5 Å². The van der Waals surface area contributed by atoms with Crippen LogP contribution in [0.15, 0.2) is 40.7 Å². The molecule has 1 aliphatic heterocycles. The topological polar surface area (TPSA) is 121 Å². The second-order valence-corrected chi connectivity index (χ2v) is 10.6. The summed E-state index contributed by atoms with van der Waals surface area (Å²) in [6.07, 6.45) is 3.33. The smallest absolute Gasteiger partial charge is 0.241 e. The molecule has 2 heterocycles. The summed E-state index contributed by atoms with van der Waals surface area (Å²) in [4.78, 5) is 27.3. The molecule has 31 heavy (non-hydrogen) atoms. The molecule has 0 bridgehead atoms. The maximum absolute atomic E-state index is 13.1. The van der Waals surface area contributed by atoms with Crippen molar-refractivity contribution in [2.75, 3.05) is 30.4 Å². The van der Waals surface area contributed by atoms with Crippen LogP contribution in [-0.4, -0.2) is 66.5 Å². The van der Waals surface area contributed by atoms with Crippen LogP contribution >= 0.6 is 23.1 Å². The van der Waals surface area contributed by atoms with Crippen molar-refractivity contribution in [2.24, 2.45) is 5.92 Å². The number of hydrogen-bond donors (Lipinski definition) is 2. The fourth-order valence-corrected chi connectivity index (χ4v) is 5.51. The molecule has 1 saturated heterocycles. The number of rotatable bonds is 9. The zero-order valence-corrected chi connectivity index (χ0v) is 19.5. The van der Waals surface area contributed by atoms with Crippen LogP contribution in [0.2, 0.25) is 0 Å². The molecule has 1 atom stereocenters. The van der Waals surface area contributed by atoms with Crippen LogP contribution < -0.4 is 10.0 Å². The zero-order chi connectivity index (χ0) is 22.3. The number of anilines is 1. The third-order valence-corrected chi connectivity index (χ3v) is 7.77. The third-order valence-electron chi connectivity index (χ3n) is 5.03. The van der Waals surface area contributed by atoms with E-state index >= 15 is 0 Å². The Kier molecular flexibility index (Phi) is 8.41. The van der Waals surface area contributed by atoms with Gasteiger partial charge >= 0.3 is 0 Å². The summed E-state index contributed by atoms with van der Waals surface area (Å²) in [6, 6.07) is 7.18. The van der Waals surface area contributed by atoms with Crippen molar-refractivity contribution in [3.05, 3.63) is 35.8 Å². The highest BCUT2D eigenvalue weighted by molar-refractivity contribution is 7.98. The Morgan fingerprint density at radius 3 is 2.58 bits per heavy atom. The van der Waals surface area contributed by atoms with Crippen molar-refractivity contribution in [1.29, 1.82) is 0 Å². The summed E-state index contributed by atoms with van der Waals surface area (Å²) < 4.78 is 28.0. The number of piperidine rings is 1. The lowest BCUT2D eigenvalue weighted by Gasteiger charge is -2.33. The van der Waals surface area contributed by atoms with Crippen LogP contribution in [0.25, 0.3) is 0 Å². The molecule has 2 amide bonds. The van der Waals surface area contributed by atoms with Gasteiger partial charge in [-0.05, 0) is 43.4 Å². The molecule has 2 aromatic rings. The van der Waals surface area contributed by atoms with E-state index < -0.39 is 16.1 Å². The number of aromatic nitrogens is 2. The first kappa shape index (κ1) is 23.6. The third kappa shape index (κ3) is 6.48. The number of likely N-dealkylation sites (tertiary alicyclic amines) is 1. The van der Waals surface area contributed by atoms with Gasteiger partial charge in [0.25, 0.3) is 0 Å². The van der Waals surface area contributed by atoms with Crippen molar-refractivity contribution in [2.45, 2.75) is 30.2 Å². The maximum atomic E-state index is 13.1. The first-order valence-corrected chi connectivity index (χ1v) is 13.6. The summed E-state index contributed by atoms with van der Waals surface area (Å²) in [6.45, 7) is 0.797. The highest BCUT2D eigenvalue weighted by atomic mass is 32.2. The normalized spacial score (nSPS) is 16.1. The summed E-state index contributed by atoms with van der Waals surface area (Å²) in [5, 5.41) is 10.7. The number of hydrogen-bond acceptors (Lipinski definition) is 8. The van der Waals surface area contributed by atoms with Crippen LogP contribution in [-0.2, 0) is 19.6 Å². The fourth-order valence-electron chi connectivity index (χ4n) is 3.34. The average molecular weight is 484 g/mol. The molecule has 1 fully saturated rings. The van der Waals surface area contributed by atoms with E-state index in [0.717, 1.165) is 0 Å². The van der Waals surface area contributed by atoms with E-state index in [-0.39, 0.29) is 22.6 Å². The van der Waals surface area contributed by atoms with Gasteiger partial charge in [0.1, 0.15) is 11.6 Å². The Morgan fingerprint density at radius 1 is 1.26 bits per heavy atom. The van der Waals surface area contributed by atoms with Crippen LogP contribution in [0.5, 0.6) is 0 Å². The minimum atomic E-state index is -3.81. The molecule has 168 valence electrons. The Bertz CT molecular complexity index is 962. The maximum Gasteiger partial charge on any atom is 0.241 e. The average Bonchev–Trinajstić information content (AvgIpc) is 3.30. The van der Waals surface area contributed by atoms with Crippen molar-refractivity contribution < 1.29 is 18.0 Å². The first-order chi connectivity index (χ1) is 14.9. The quantitative estimate of drug-likeness (QED) is 0.558. The number of nitrogens with zero attached hydrogens (tertiary/aromatic N) is 3. The molecule has 0 spiro atoms. The minimum absolute atomic E-state index is 0.129. The Balaban J connectivity index is 1.61. The van der Waals surface area contributed by atoms with Gasteiger partial charge in [0.05, 0.1) is 4.90 Å². The lowest BCUT2D eigenvalue weighted by atomic mass is 9.95. The van der Waals surface area contributed by atoms with Gasteiger partial charge in [0.15, 0.2) is 0 Å². The van der Waals surface area contributed by atoms with Crippen molar-refractivity contribution in [1.82, 2.24) is 19.8 Å². The number of carbonyl (C=O) groups excluding carboxylic acids is 2. The van der Waals surface area contributed by atoms with E-state index in [0.29, 0.717) is 43.2 Å². The largest absolute Gasteiger partial charge is 0.341 e. The molecule has 1 unspecified atom stereocenters. The lowest BCUT2D eigenvalue weighted by molar-refractivity contribution is -0.136. The molecule has 0 radical (unpaired) electrons. The Labute approximate surface area is 190 Å². The van der Waals surface area contributed by atoms with Gasteiger partial charge in [-0.3, -0.25) is 9.59 Å². The van der Waals surface area contributed by atoms with Gasteiger partial charge in [0, 0.05) is 19.0 Å². The Morgan fingerprint density at radius 2 is 1.97 bits per heavy atom. The number of amides is 2. The van der Waals surface area contributed by atoms with E-state index in [1.807, 2.05) is 6.26 Å². The predicted octanol–water partition coefficient (Wildman–Crippen LogP) is 1.82. The van der Waals surface area contributed by atoms with Crippen molar-refractivity contribution >= 4 is 50.1 Å². The number of nitrogens with one attached hydrogen (secondary N) is 2. The van der Waals surface area contributed by atoms with E-state index in [1.165, 1.54) is 23.5 Å². The molecule has 0 saturated carbocycles. The second kappa shape index (κ2) is 11.0. The van der Waals surface area contributed by atoms with Gasteiger partial charge in [-0.25, -0.2) is 8.42 Å². The summed E-state index contributed by atoms with van der Waals surface area (Å²) >= 11 is 2.80. The highest BCUT2D eigenvalue weighted by Gasteiger charge is 2.33. The standard InChI is InChI=1S/C19H25N5O4S3/c1-29-12-9-16(23-31(27,28)15-5-3-2-4-6-15)18(26)24-10-7-14(8-11-24)17(25)21-19-22-20-13-30-19/h2-6,13-14,16,23H,7-12H2,1H3,(H,21,22,25). The van der Waals surface area contributed by atoms with Gasteiger partial charge in [0.2, 0.25) is 27.0 Å². The second-order valence-electron chi connectivity index (χ2n) is 7.10. The molecule has 1 aromatic carbocycles. The molecule has 2 N–H and O–H groups in total. The van der Waals surface area contributed by atoms with E-state index in [4.69, 9.17) is 0 Å². The van der Waals surface area contributed by atoms with Gasteiger partial charge in [-0.15, -0.1) is 10.2 Å². The first-order valence-electron chi connectivity index (χ1n) is 9.83. The molecular formula is C19H25N5O4S3. The van der Waals surface area contributed by atoms with Gasteiger partial charge < -0.3 is 10.2 Å². The number of benzene rings is 1. The van der Waals surface area contributed by atoms with E-state index in [9.17, 15) is 18.0 Å². The molecule has 1 aliphatic rings. The van der Waals surface area contributed by atoms with Gasteiger partial charge in [-0.2, -0.15) is 16.5 Å². The number of sulfonamides is 1. The van der Waals surface area contributed by atoms with Crippen LogP contribution in [0, 0.1) is 5.92 Å². The molecule has 3 rings (SSSR count). The Hall–Kier alpha value is -2.02. The highest BCUT2D eigenvalue weighted by Crippen LogP contribution is 2.21. The molecule has 12 heteroatoms. The summed E-state index contributed by atoms with van der Waals surface area (Å²) in [5.41, 5.74) is 1.54. The molecule has 1 aromatic heterocycles. The van der Waals surface area contributed by atoms with Crippen molar-refractivity contribution in [3.63, 3.8) is 0 Å². The number of carbonyl (C=O) groups is 2. The van der Waals surface area contributed by atoms with E-state index in [2.05, 4.69) is 20.2 Å². The monoisotopic (exact) mass is 483 g/mol. The van der Waals surface area contributed by atoms with Crippen LogP contribution in [0.4, 0.5) is 5.13 Å². The van der Waals surface area contributed by atoms with E-state index in [1.54, 1.807) is 40.4 Å². The molecule has 9 nitrogen and oxygen atoms in total. The van der Waals surface area contributed by atoms with Crippen LogP contribution in [0.1, 0.15) is 19.3 Å². The minimum Gasteiger partial charge on any atom is -0.341 e. The SMILES string of the molecule is CSCCC(NS(=O)(=O)c1ccccc1)C(=O)N1CCC(C(=O)Nc2nncs2)CC1. The summed E-state index contributed by atoms with van der Waals surface area (Å²) in [7, 11) is -3.81. The van der Waals surface area contributed by atoms with Crippen molar-refractivity contribution in [3.8, 4) is 0 Å². The zero-order valence-electron chi connectivity index (χ0n) is 17.1. The predicted molar refractivity (Wildman–Crippen MR) is 121 cm³/mol. The summed E-state index contributed by atoms with van der Waals surface area (Å²) in [5.74, 6) is 0.0387. The van der Waals surface area contributed by atoms with Crippen LogP contribution in [0.3, 0.4) is 0 Å². The fraction of sp³-hybridized carbons (Fsp3) is 0.474.